The lowest BCUT2D eigenvalue weighted by Gasteiger charge is -2.18. The molecule has 1 N–H and O–H groups in total. The molecule has 16 heavy (non-hydrogen) atoms. The molecule has 0 radical (unpaired) electrons. The zero-order valence-electron chi connectivity index (χ0n) is 9.57. The van der Waals surface area contributed by atoms with E-state index in [0.29, 0.717) is 0 Å². The number of esters is 1. The van der Waals surface area contributed by atoms with Crippen LogP contribution in [-0.4, -0.2) is 23.5 Å². The molecule has 0 spiro atoms. The summed E-state index contributed by atoms with van der Waals surface area (Å²) in [6.07, 6.45) is 5.97. The van der Waals surface area contributed by atoms with Crippen molar-refractivity contribution in [1.29, 1.82) is 0 Å². The van der Waals surface area contributed by atoms with Gasteiger partial charge < -0.3 is 9.84 Å². The predicted octanol–water partition coefficient (Wildman–Crippen LogP) is 2.14. The number of ether oxygens (including phenoxy) is 1. The molecule has 90 valence electrons. The molecule has 0 heterocycles. The van der Waals surface area contributed by atoms with E-state index in [0.717, 1.165) is 38.2 Å². The average Bonchev–Trinajstić information content (AvgIpc) is 2.30. The van der Waals surface area contributed by atoms with Gasteiger partial charge >= 0.3 is 5.97 Å². The summed E-state index contributed by atoms with van der Waals surface area (Å²) >= 11 is 0. The summed E-state index contributed by atoms with van der Waals surface area (Å²) in [5.74, 6) is -1.61. The molecule has 0 saturated heterocycles. The molecule has 0 aliphatic heterocycles. The van der Waals surface area contributed by atoms with E-state index in [1.54, 1.807) is 6.92 Å². The number of carbonyl (C=O) groups excluding carboxylic acids is 2. The van der Waals surface area contributed by atoms with E-state index in [1.165, 1.54) is 0 Å². The molecule has 0 amide bonds. The molecule has 0 aromatic rings. The second-order valence-electron chi connectivity index (χ2n) is 3.99. The van der Waals surface area contributed by atoms with Crippen molar-refractivity contribution in [2.45, 2.75) is 39.0 Å². The maximum Gasteiger partial charge on any atom is 0.373 e. The zero-order valence-corrected chi connectivity index (χ0v) is 9.57. The highest BCUT2D eigenvalue weighted by Crippen LogP contribution is 2.24. The van der Waals surface area contributed by atoms with Crippen LogP contribution in [0.4, 0.5) is 0 Å². The highest BCUT2D eigenvalue weighted by molar-refractivity contribution is 5.99. The van der Waals surface area contributed by atoms with Crippen LogP contribution in [0.2, 0.25) is 0 Å². The Bertz CT molecular complexity index is 287. The van der Waals surface area contributed by atoms with Gasteiger partial charge in [-0.2, -0.15) is 0 Å². The minimum Gasteiger partial charge on any atom is -0.502 e. The Balaban J connectivity index is 2.53. The van der Waals surface area contributed by atoms with Crippen molar-refractivity contribution in [3.8, 4) is 0 Å². The third-order valence-electron chi connectivity index (χ3n) is 2.77. The maximum absolute atomic E-state index is 11.7. The topological polar surface area (TPSA) is 63.6 Å². The number of ketones is 1. The molecule has 1 aliphatic carbocycles. The highest BCUT2D eigenvalue weighted by atomic mass is 16.5. The van der Waals surface area contributed by atoms with Crippen molar-refractivity contribution < 1.29 is 19.4 Å². The Morgan fingerprint density at radius 1 is 1.31 bits per heavy atom. The third-order valence-corrected chi connectivity index (χ3v) is 2.77. The van der Waals surface area contributed by atoms with Crippen LogP contribution in [0.3, 0.4) is 0 Å². The van der Waals surface area contributed by atoms with Gasteiger partial charge in [-0.1, -0.05) is 19.3 Å². The zero-order chi connectivity index (χ0) is 12.0. The van der Waals surface area contributed by atoms with Gasteiger partial charge in [-0.05, 0) is 19.8 Å². The first-order chi connectivity index (χ1) is 7.65. The summed E-state index contributed by atoms with van der Waals surface area (Å²) in [5, 5.41) is 9.32. The summed E-state index contributed by atoms with van der Waals surface area (Å²) in [7, 11) is 0. The lowest BCUT2D eigenvalue weighted by molar-refractivity contribution is -0.141. The number of carbonyl (C=O) groups is 2. The molecule has 0 aromatic heterocycles. The van der Waals surface area contributed by atoms with Crippen LogP contribution in [0, 0.1) is 5.92 Å². The quantitative estimate of drug-likeness (QED) is 0.453. The monoisotopic (exact) mass is 226 g/mol. The molecular formula is C12H18O4. The van der Waals surface area contributed by atoms with Crippen molar-refractivity contribution >= 4 is 11.8 Å². The van der Waals surface area contributed by atoms with Gasteiger partial charge in [0.1, 0.15) is 0 Å². The van der Waals surface area contributed by atoms with Gasteiger partial charge in [0.15, 0.2) is 5.78 Å². The van der Waals surface area contributed by atoms with E-state index < -0.39 is 11.7 Å². The molecule has 1 aliphatic rings. The Morgan fingerprint density at radius 3 is 2.50 bits per heavy atom. The van der Waals surface area contributed by atoms with E-state index in [1.807, 2.05) is 0 Å². The summed E-state index contributed by atoms with van der Waals surface area (Å²) in [4.78, 5) is 22.7. The Kier molecular flexibility index (Phi) is 5.02. The van der Waals surface area contributed by atoms with Crippen molar-refractivity contribution in [3.05, 3.63) is 11.8 Å². The second-order valence-corrected chi connectivity index (χ2v) is 3.99. The van der Waals surface area contributed by atoms with E-state index in [-0.39, 0.29) is 18.3 Å². The van der Waals surface area contributed by atoms with Gasteiger partial charge in [0.05, 0.1) is 6.61 Å². The molecule has 1 rings (SSSR count). The molecule has 0 bridgehead atoms. The lowest BCUT2D eigenvalue weighted by Crippen LogP contribution is -2.17. The first-order valence-electron chi connectivity index (χ1n) is 5.76. The van der Waals surface area contributed by atoms with E-state index in [2.05, 4.69) is 4.74 Å². The number of aliphatic hydroxyl groups excluding tert-OH is 1. The van der Waals surface area contributed by atoms with Gasteiger partial charge in [-0.3, -0.25) is 4.79 Å². The molecule has 4 heteroatoms. The van der Waals surface area contributed by atoms with Gasteiger partial charge in [-0.25, -0.2) is 4.79 Å². The summed E-state index contributed by atoms with van der Waals surface area (Å²) in [5.41, 5.74) is 0. The summed E-state index contributed by atoms with van der Waals surface area (Å²) in [6.45, 7) is 1.84. The summed E-state index contributed by atoms with van der Waals surface area (Å²) < 4.78 is 4.58. The number of allylic oxidation sites excluding steroid dienone is 1. The van der Waals surface area contributed by atoms with Gasteiger partial charge in [0, 0.05) is 12.0 Å². The average molecular weight is 226 g/mol. The SMILES string of the molecule is CCOC(=O)C(O)=CC(=O)C1CCCCC1. The van der Waals surface area contributed by atoms with Crippen LogP contribution in [0.15, 0.2) is 11.8 Å². The fraction of sp³-hybridized carbons (Fsp3) is 0.667. The van der Waals surface area contributed by atoms with Crippen LogP contribution in [0.25, 0.3) is 0 Å². The van der Waals surface area contributed by atoms with Gasteiger partial charge in [-0.15, -0.1) is 0 Å². The second kappa shape index (κ2) is 6.30. The van der Waals surface area contributed by atoms with Crippen molar-refractivity contribution in [2.75, 3.05) is 6.61 Å². The van der Waals surface area contributed by atoms with Crippen molar-refractivity contribution in [3.63, 3.8) is 0 Å². The van der Waals surface area contributed by atoms with E-state index >= 15 is 0 Å². The fourth-order valence-electron chi connectivity index (χ4n) is 1.90. The highest BCUT2D eigenvalue weighted by Gasteiger charge is 2.21. The molecule has 1 fully saturated rings. The predicted molar refractivity (Wildman–Crippen MR) is 58.9 cm³/mol. The third kappa shape index (κ3) is 3.68. The van der Waals surface area contributed by atoms with E-state index in [9.17, 15) is 14.7 Å². The van der Waals surface area contributed by atoms with Crippen LogP contribution in [0.1, 0.15) is 39.0 Å². The lowest BCUT2D eigenvalue weighted by atomic mass is 9.86. The molecule has 0 unspecified atom stereocenters. The number of hydrogen-bond donors (Lipinski definition) is 1. The fourth-order valence-corrected chi connectivity index (χ4v) is 1.90. The molecular weight excluding hydrogens is 208 g/mol. The standard InChI is InChI=1S/C12H18O4/c1-2-16-12(15)11(14)8-10(13)9-6-4-3-5-7-9/h8-9,14H,2-7H2,1H3. The first-order valence-corrected chi connectivity index (χ1v) is 5.76. The van der Waals surface area contributed by atoms with Crippen molar-refractivity contribution in [1.82, 2.24) is 0 Å². The Morgan fingerprint density at radius 2 is 1.94 bits per heavy atom. The van der Waals surface area contributed by atoms with Crippen molar-refractivity contribution in [2.24, 2.45) is 5.92 Å². The number of hydrogen-bond acceptors (Lipinski definition) is 4. The van der Waals surface area contributed by atoms with Gasteiger partial charge in [0.2, 0.25) is 5.76 Å². The number of aliphatic hydroxyl groups is 1. The molecule has 0 aromatic carbocycles. The minimum absolute atomic E-state index is 0.0367. The van der Waals surface area contributed by atoms with Crippen LogP contribution in [-0.2, 0) is 14.3 Å². The van der Waals surface area contributed by atoms with E-state index in [4.69, 9.17) is 0 Å². The largest absolute Gasteiger partial charge is 0.502 e. The minimum atomic E-state index is -0.827. The van der Waals surface area contributed by atoms with Gasteiger partial charge in [0.25, 0.3) is 0 Å². The smallest absolute Gasteiger partial charge is 0.373 e. The Labute approximate surface area is 95.3 Å². The first kappa shape index (κ1) is 12.7. The van der Waals surface area contributed by atoms with Crippen LogP contribution in [0.5, 0.6) is 0 Å². The molecule has 0 atom stereocenters. The normalized spacial score (nSPS) is 18.2. The van der Waals surface area contributed by atoms with Crippen LogP contribution < -0.4 is 0 Å². The Hall–Kier alpha value is -1.32. The molecule has 4 nitrogen and oxygen atoms in total. The molecule has 1 saturated carbocycles. The number of rotatable bonds is 4. The van der Waals surface area contributed by atoms with Crippen LogP contribution >= 0.6 is 0 Å². The maximum atomic E-state index is 11.7. The summed E-state index contributed by atoms with van der Waals surface area (Å²) in [6, 6.07) is 0.